The van der Waals surface area contributed by atoms with Crippen molar-refractivity contribution in [3.05, 3.63) is 57.3 Å². The van der Waals surface area contributed by atoms with Gasteiger partial charge in [-0.2, -0.15) is 0 Å². The summed E-state index contributed by atoms with van der Waals surface area (Å²) in [6.07, 6.45) is 0.830. The maximum absolute atomic E-state index is 12.8. The Hall–Kier alpha value is -2.51. The van der Waals surface area contributed by atoms with Crippen LogP contribution in [0, 0.1) is 0 Å². The van der Waals surface area contributed by atoms with Crippen LogP contribution in [0.5, 0.6) is 0 Å². The third kappa shape index (κ3) is 3.14. The highest BCUT2D eigenvalue weighted by Crippen LogP contribution is 2.38. The van der Waals surface area contributed by atoms with Gasteiger partial charge in [0.25, 0.3) is 11.8 Å². The van der Waals surface area contributed by atoms with Crippen LogP contribution in [0.2, 0.25) is 0 Å². The van der Waals surface area contributed by atoms with Gasteiger partial charge in [-0.3, -0.25) is 24.2 Å². The van der Waals surface area contributed by atoms with Crippen LogP contribution < -0.4 is 0 Å². The number of esters is 1. The van der Waals surface area contributed by atoms with Gasteiger partial charge in [0, 0.05) is 17.5 Å². The number of ether oxygens (including phenoxy) is 1. The van der Waals surface area contributed by atoms with Crippen LogP contribution >= 0.6 is 11.3 Å². The largest absolute Gasteiger partial charge is 0.465 e. The summed E-state index contributed by atoms with van der Waals surface area (Å²) in [5, 5.41) is 2.03. The first-order valence-corrected chi connectivity index (χ1v) is 10.3. The number of hydrogen-bond acceptors (Lipinski definition) is 6. The molecular weight excluding hydrogens is 376 g/mol. The van der Waals surface area contributed by atoms with Crippen LogP contribution in [0.15, 0.2) is 35.7 Å². The highest BCUT2D eigenvalue weighted by molar-refractivity contribution is 7.10. The smallest absolute Gasteiger partial charge is 0.320 e. The van der Waals surface area contributed by atoms with Gasteiger partial charge in [-0.25, -0.2) is 0 Å². The molecule has 0 saturated carbocycles. The van der Waals surface area contributed by atoms with Crippen LogP contribution in [-0.2, 0) is 16.0 Å². The number of amides is 2. The monoisotopic (exact) mass is 398 g/mol. The number of imide groups is 1. The number of rotatable bonds is 5. The van der Waals surface area contributed by atoms with Gasteiger partial charge in [0.1, 0.15) is 0 Å². The fourth-order valence-electron chi connectivity index (χ4n) is 4.09. The Kier molecular flexibility index (Phi) is 5.03. The molecule has 3 heterocycles. The van der Waals surface area contributed by atoms with E-state index in [2.05, 4.69) is 17.9 Å². The molecule has 2 amide bonds. The second kappa shape index (κ2) is 7.48. The lowest BCUT2D eigenvalue weighted by Gasteiger charge is -2.41. The Balaban J connectivity index is 1.65. The average molecular weight is 398 g/mol. The molecular formula is C21H22N2O4S. The van der Waals surface area contributed by atoms with Crippen molar-refractivity contribution in [1.29, 1.82) is 0 Å². The predicted molar refractivity (Wildman–Crippen MR) is 105 cm³/mol. The molecule has 0 saturated heterocycles. The molecule has 2 atom stereocenters. The Labute approximate surface area is 167 Å². The summed E-state index contributed by atoms with van der Waals surface area (Å²) in [6.45, 7) is 4.54. The summed E-state index contributed by atoms with van der Waals surface area (Å²) in [4.78, 5) is 42.4. The number of carbonyl (C=O) groups excluding carboxylic acids is 3. The van der Waals surface area contributed by atoms with E-state index >= 15 is 0 Å². The van der Waals surface area contributed by atoms with Gasteiger partial charge in [-0.1, -0.05) is 12.1 Å². The van der Waals surface area contributed by atoms with Crippen LogP contribution in [0.4, 0.5) is 0 Å². The SMILES string of the molecule is CCOC(=O)CN1C(C)Cc2ccsc2C1CN1C(=O)c2ccccc2C1=O. The minimum absolute atomic E-state index is 0.103. The molecule has 0 fully saturated rings. The van der Waals surface area contributed by atoms with Gasteiger partial charge in [0.2, 0.25) is 0 Å². The fraction of sp³-hybridized carbons (Fsp3) is 0.381. The first-order chi connectivity index (χ1) is 13.5. The fourth-order valence-corrected chi connectivity index (χ4v) is 5.14. The maximum Gasteiger partial charge on any atom is 0.320 e. The van der Waals surface area contributed by atoms with E-state index in [4.69, 9.17) is 4.74 Å². The molecule has 0 N–H and O–H groups in total. The topological polar surface area (TPSA) is 66.9 Å². The number of hydrogen-bond donors (Lipinski definition) is 0. The second-order valence-electron chi connectivity index (χ2n) is 7.12. The van der Waals surface area contributed by atoms with Crippen molar-refractivity contribution in [2.75, 3.05) is 19.7 Å². The summed E-state index contributed by atoms with van der Waals surface area (Å²) >= 11 is 1.61. The molecule has 2 unspecified atom stereocenters. The molecule has 2 aliphatic heterocycles. The molecule has 4 rings (SSSR count). The molecule has 2 aromatic rings. The third-order valence-corrected chi connectivity index (χ3v) is 6.48. The second-order valence-corrected chi connectivity index (χ2v) is 8.07. The molecule has 0 radical (unpaired) electrons. The van der Waals surface area contributed by atoms with Crippen molar-refractivity contribution < 1.29 is 19.1 Å². The van der Waals surface area contributed by atoms with Gasteiger partial charge in [0.15, 0.2) is 0 Å². The van der Waals surface area contributed by atoms with Crippen LogP contribution in [0.3, 0.4) is 0 Å². The molecule has 2 aliphatic rings. The Morgan fingerprint density at radius 2 is 1.86 bits per heavy atom. The van der Waals surface area contributed by atoms with E-state index in [-0.39, 0.29) is 43.0 Å². The van der Waals surface area contributed by atoms with E-state index in [0.29, 0.717) is 17.7 Å². The van der Waals surface area contributed by atoms with Gasteiger partial charge < -0.3 is 4.74 Å². The first kappa shape index (κ1) is 18.8. The molecule has 146 valence electrons. The zero-order valence-electron chi connectivity index (χ0n) is 15.9. The lowest BCUT2D eigenvalue weighted by molar-refractivity contribution is -0.146. The van der Waals surface area contributed by atoms with E-state index in [1.807, 2.05) is 5.38 Å². The van der Waals surface area contributed by atoms with Gasteiger partial charge in [-0.15, -0.1) is 11.3 Å². The molecule has 6 nitrogen and oxygen atoms in total. The number of carbonyl (C=O) groups is 3. The molecule has 1 aromatic heterocycles. The number of thiophene rings is 1. The standard InChI is InChI=1S/C21H22N2O4S/c1-3-27-18(24)12-22-13(2)10-14-8-9-28-19(14)17(22)11-23-20(25)15-6-4-5-7-16(15)21(23)26/h4-9,13,17H,3,10-12H2,1-2H3. The Morgan fingerprint density at radius 1 is 1.18 bits per heavy atom. The average Bonchev–Trinajstić information content (AvgIpc) is 3.23. The molecule has 28 heavy (non-hydrogen) atoms. The van der Waals surface area contributed by atoms with E-state index in [1.165, 1.54) is 10.5 Å². The normalized spacial score (nSPS) is 21.6. The number of benzene rings is 1. The van der Waals surface area contributed by atoms with E-state index in [0.717, 1.165) is 11.3 Å². The van der Waals surface area contributed by atoms with Crippen molar-refractivity contribution in [3.63, 3.8) is 0 Å². The summed E-state index contributed by atoms with van der Waals surface area (Å²) < 4.78 is 5.15. The zero-order chi connectivity index (χ0) is 19.8. The molecule has 7 heteroatoms. The lowest BCUT2D eigenvalue weighted by atomic mass is 9.95. The van der Waals surface area contributed by atoms with Gasteiger partial charge in [0.05, 0.1) is 30.3 Å². The summed E-state index contributed by atoms with van der Waals surface area (Å²) in [6, 6.07) is 8.88. The van der Waals surface area contributed by atoms with Crippen LogP contribution in [0.25, 0.3) is 0 Å². The summed E-state index contributed by atoms with van der Waals surface area (Å²) in [7, 11) is 0. The zero-order valence-corrected chi connectivity index (χ0v) is 16.7. The summed E-state index contributed by atoms with van der Waals surface area (Å²) in [5.41, 5.74) is 2.11. The van der Waals surface area contributed by atoms with Crippen molar-refractivity contribution >= 4 is 29.1 Å². The van der Waals surface area contributed by atoms with Gasteiger partial charge >= 0.3 is 5.97 Å². The number of fused-ring (bicyclic) bond motifs is 2. The molecule has 1 aromatic carbocycles. The van der Waals surface area contributed by atoms with Crippen molar-refractivity contribution in [2.24, 2.45) is 0 Å². The van der Waals surface area contributed by atoms with Crippen molar-refractivity contribution in [3.8, 4) is 0 Å². The van der Waals surface area contributed by atoms with Crippen LogP contribution in [0.1, 0.15) is 51.0 Å². The van der Waals surface area contributed by atoms with Crippen molar-refractivity contribution in [2.45, 2.75) is 32.4 Å². The van der Waals surface area contributed by atoms with Gasteiger partial charge in [-0.05, 0) is 49.4 Å². The minimum Gasteiger partial charge on any atom is -0.465 e. The molecule has 0 spiro atoms. The highest BCUT2D eigenvalue weighted by Gasteiger charge is 2.41. The van der Waals surface area contributed by atoms with E-state index in [1.54, 1.807) is 42.5 Å². The quantitative estimate of drug-likeness (QED) is 0.572. The van der Waals surface area contributed by atoms with Crippen LogP contribution in [-0.4, -0.2) is 53.3 Å². The highest BCUT2D eigenvalue weighted by atomic mass is 32.1. The van der Waals surface area contributed by atoms with Crippen molar-refractivity contribution in [1.82, 2.24) is 9.80 Å². The van der Waals surface area contributed by atoms with E-state index < -0.39 is 0 Å². The first-order valence-electron chi connectivity index (χ1n) is 9.44. The number of nitrogens with zero attached hydrogens (tertiary/aromatic N) is 2. The Morgan fingerprint density at radius 3 is 2.50 bits per heavy atom. The Bertz CT molecular complexity index is 903. The molecule has 0 bridgehead atoms. The molecule has 0 aliphatic carbocycles. The maximum atomic E-state index is 12.8. The third-order valence-electron chi connectivity index (χ3n) is 5.42. The predicted octanol–water partition coefficient (Wildman–Crippen LogP) is 2.90. The lowest BCUT2D eigenvalue weighted by Crippen LogP contribution is -2.49. The summed E-state index contributed by atoms with van der Waals surface area (Å²) in [5.74, 6) is -0.831. The minimum atomic E-state index is -0.290. The van der Waals surface area contributed by atoms with E-state index in [9.17, 15) is 14.4 Å².